The molecule has 0 radical (unpaired) electrons. The van der Waals surface area contributed by atoms with Crippen LogP contribution >= 0.6 is 0 Å². The van der Waals surface area contributed by atoms with E-state index in [0.717, 1.165) is 51.9 Å². The Morgan fingerprint density at radius 2 is 2.16 bits per heavy atom. The summed E-state index contributed by atoms with van der Waals surface area (Å²) in [7, 11) is 0. The van der Waals surface area contributed by atoms with Crippen molar-refractivity contribution in [2.75, 3.05) is 26.4 Å². The summed E-state index contributed by atoms with van der Waals surface area (Å²) in [5, 5.41) is 12.5. The predicted octanol–water partition coefficient (Wildman–Crippen LogP) is 1.36. The molecule has 0 aromatic heterocycles. The number of likely N-dealkylation sites (tertiary alicyclic amines) is 1. The Balaban J connectivity index is 1.88. The molecule has 2 heterocycles. The maximum absolute atomic E-state index is 12.3. The van der Waals surface area contributed by atoms with Crippen LogP contribution < -0.4 is 5.32 Å². The van der Waals surface area contributed by atoms with E-state index in [9.17, 15) is 9.90 Å². The molecule has 2 saturated heterocycles. The number of urea groups is 1. The standard InChI is InChI=1S/C14H26N2O3/c1-2-13(11-5-8-19-9-6-11)15-14(18)16-7-3-4-12(16)10-17/h11-13,17H,2-10H2,1H3,(H,15,18)/t12-,13?/m0/s1. The van der Waals surface area contributed by atoms with Crippen LogP contribution in [-0.2, 0) is 4.74 Å². The first-order valence-corrected chi connectivity index (χ1v) is 7.52. The highest BCUT2D eigenvalue weighted by atomic mass is 16.5. The summed E-state index contributed by atoms with van der Waals surface area (Å²) in [4.78, 5) is 14.1. The van der Waals surface area contributed by atoms with Gasteiger partial charge in [-0.2, -0.15) is 0 Å². The second kappa shape index (κ2) is 7.10. The number of carbonyl (C=O) groups excluding carboxylic acids is 1. The molecule has 2 aliphatic rings. The van der Waals surface area contributed by atoms with E-state index in [-0.39, 0.29) is 24.7 Å². The molecular formula is C14H26N2O3. The molecule has 2 rings (SSSR count). The molecule has 1 unspecified atom stereocenters. The second-order valence-corrected chi connectivity index (χ2v) is 5.59. The van der Waals surface area contributed by atoms with Crippen LogP contribution in [0.15, 0.2) is 0 Å². The van der Waals surface area contributed by atoms with Crippen molar-refractivity contribution < 1.29 is 14.6 Å². The first-order valence-electron chi connectivity index (χ1n) is 7.52. The molecule has 19 heavy (non-hydrogen) atoms. The minimum atomic E-state index is -0.00473. The van der Waals surface area contributed by atoms with Crippen LogP contribution in [-0.4, -0.2) is 54.5 Å². The molecule has 5 nitrogen and oxygen atoms in total. The molecule has 2 fully saturated rings. The number of ether oxygens (including phenoxy) is 1. The fourth-order valence-corrected chi connectivity index (χ4v) is 3.21. The average molecular weight is 270 g/mol. The summed E-state index contributed by atoms with van der Waals surface area (Å²) in [5.41, 5.74) is 0. The van der Waals surface area contributed by atoms with Crippen molar-refractivity contribution >= 4 is 6.03 Å². The lowest BCUT2D eigenvalue weighted by Gasteiger charge is -2.32. The lowest BCUT2D eigenvalue weighted by Crippen LogP contribution is -2.50. The van der Waals surface area contributed by atoms with Gasteiger partial charge >= 0.3 is 6.03 Å². The lowest BCUT2D eigenvalue weighted by molar-refractivity contribution is 0.0531. The van der Waals surface area contributed by atoms with Gasteiger partial charge < -0.3 is 20.1 Å². The molecule has 2 amide bonds. The van der Waals surface area contributed by atoms with E-state index in [1.54, 1.807) is 4.90 Å². The summed E-state index contributed by atoms with van der Waals surface area (Å²) in [5.74, 6) is 0.526. The zero-order chi connectivity index (χ0) is 13.7. The largest absolute Gasteiger partial charge is 0.394 e. The number of hydrogen-bond acceptors (Lipinski definition) is 3. The van der Waals surface area contributed by atoms with Crippen molar-refractivity contribution in [3.63, 3.8) is 0 Å². The van der Waals surface area contributed by atoms with Crippen LogP contribution in [0.2, 0.25) is 0 Å². The Hall–Kier alpha value is -0.810. The topological polar surface area (TPSA) is 61.8 Å². The summed E-state index contributed by atoms with van der Waals surface area (Å²) in [6, 6.07) is 0.235. The van der Waals surface area contributed by atoms with E-state index < -0.39 is 0 Å². The summed E-state index contributed by atoms with van der Waals surface area (Å²) < 4.78 is 5.38. The molecular weight excluding hydrogens is 244 g/mol. The average Bonchev–Trinajstić information content (AvgIpc) is 2.94. The van der Waals surface area contributed by atoms with Gasteiger partial charge in [0.1, 0.15) is 0 Å². The first kappa shape index (κ1) is 14.6. The minimum Gasteiger partial charge on any atom is -0.394 e. The van der Waals surface area contributed by atoms with E-state index >= 15 is 0 Å². The number of aliphatic hydroxyl groups is 1. The van der Waals surface area contributed by atoms with Gasteiger partial charge in [0, 0.05) is 25.8 Å². The van der Waals surface area contributed by atoms with Crippen LogP contribution in [0, 0.1) is 5.92 Å². The summed E-state index contributed by atoms with van der Waals surface area (Å²) >= 11 is 0. The maximum Gasteiger partial charge on any atom is 0.317 e. The molecule has 2 N–H and O–H groups in total. The third-order valence-electron chi connectivity index (χ3n) is 4.43. The van der Waals surface area contributed by atoms with Gasteiger partial charge in [-0.25, -0.2) is 4.79 Å². The monoisotopic (exact) mass is 270 g/mol. The molecule has 2 aliphatic heterocycles. The van der Waals surface area contributed by atoms with Gasteiger partial charge in [0.2, 0.25) is 0 Å². The number of aliphatic hydroxyl groups excluding tert-OH is 1. The Labute approximate surface area is 115 Å². The van der Waals surface area contributed by atoms with E-state index in [4.69, 9.17) is 4.74 Å². The van der Waals surface area contributed by atoms with Gasteiger partial charge in [-0.3, -0.25) is 0 Å². The van der Waals surface area contributed by atoms with Crippen molar-refractivity contribution in [1.82, 2.24) is 10.2 Å². The Morgan fingerprint density at radius 3 is 2.79 bits per heavy atom. The smallest absolute Gasteiger partial charge is 0.317 e. The van der Waals surface area contributed by atoms with E-state index in [2.05, 4.69) is 12.2 Å². The molecule has 110 valence electrons. The lowest BCUT2D eigenvalue weighted by atomic mass is 9.90. The number of nitrogens with one attached hydrogen (secondary N) is 1. The fourth-order valence-electron chi connectivity index (χ4n) is 3.21. The van der Waals surface area contributed by atoms with Crippen molar-refractivity contribution in [2.45, 2.75) is 51.1 Å². The fraction of sp³-hybridized carbons (Fsp3) is 0.929. The predicted molar refractivity (Wildman–Crippen MR) is 73.0 cm³/mol. The highest BCUT2D eigenvalue weighted by Gasteiger charge is 2.31. The normalized spacial score (nSPS) is 26.4. The maximum atomic E-state index is 12.3. The summed E-state index contributed by atoms with van der Waals surface area (Å²) in [6.07, 6.45) is 4.92. The Kier molecular flexibility index (Phi) is 5.45. The highest BCUT2D eigenvalue weighted by Crippen LogP contribution is 2.22. The van der Waals surface area contributed by atoms with Gasteiger partial charge in [0.15, 0.2) is 0 Å². The SMILES string of the molecule is CCC(NC(=O)N1CCC[C@H]1CO)C1CCOCC1. The quantitative estimate of drug-likeness (QED) is 0.811. The van der Waals surface area contributed by atoms with Gasteiger partial charge in [0.25, 0.3) is 0 Å². The molecule has 0 aliphatic carbocycles. The third kappa shape index (κ3) is 3.60. The van der Waals surface area contributed by atoms with Gasteiger partial charge in [-0.05, 0) is 38.0 Å². The molecule has 0 aromatic carbocycles. The van der Waals surface area contributed by atoms with Crippen LogP contribution in [0.4, 0.5) is 4.79 Å². The van der Waals surface area contributed by atoms with Crippen molar-refractivity contribution in [3.05, 3.63) is 0 Å². The number of amides is 2. The molecule has 0 saturated carbocycles. The Morgan fingerprint density at radius 1 is 1.42 bits per heavy atom. The molecule has 2 atom stereocenters. The number of carbonyl (C=O) groups is 1. The molecule has 0 bridgehead atoms. The van der Waals surface area contributed by atoms with Crippen molar-refractivity contribution in [3.8, 4) is 0 Å². The highest BCUT2D eigenvalue weighted by molar-refractivity contribution is 5.75. The van der Waals surface area contributed by atoms with Gasteiger partial charge in [-0.1, -0.05) is 6.92 Å². The first-order chi connectivity index (χ1) is 9.26. The van der Waals surface area contributed by atoms with Crippen LogP contribution in [0.5, 0.6) is 0 Å². The summed E-state index contributed by atoms with van der Waals surface area (Å²) in [6.45, 7) is 4.57. The van der Waals surface area contributed by atoms with Crippen LogP contribution in [0.1, 0.15) is 39.0 Å². The van der Waals surface area contributed by atoms with Crippen molar-refractivity contribution in [2.24, 2.45) is 5.92 Å². The van der Waals surface area contributed by atoms with Gasteiger partial charge in [0.05, 0.1) is 12.6 Å². The van der Waals surface area contributed by atoms with Crippen LogP contribution in [0.25, 0.3) is 0 Å². The zero-order valence-corrected chi connectivity index (χ0v) is 11.8. The molecule has 5 heteroatoms. The minimum absolute atomic E-state index is 0.00473. The van der Waals surface area contributed by atoms with Crippen molar-refractivity contribution in [1.29, 1.82) is 0 Å². The second-order valence-electron chi connectivity index (χ2n) is 5.59. The van der Waals surface area contributed by atoms with Crippen LogP contribution in [0.3, 0.4) is 0 Å². The zero-order valence-electron chi connectivity index (χ0n) is 11.8. The van der Waals surface area contributed by atoms with E-state index in [0.29, 0.717) is 5.92 Å². The van der Waals surface area contributed by atoms with E-state index in [1.165, 1.54) is 0 Å². The molecule has 0 aromatic rings. The Bertz CT molecular complexity index is 292. The third-order valence-corrected chi connectivity index (χ3v) is 4.43. The number of nitrogens with zero attached hydrogens (tertiary/aromatic N) is 1. The number of hydrogen-bond donors (Lipinski definition) is 2. The molecule has 0 spiro atoms. The van der Waals surface area contributed by atoms with E-state index in [1.807, 2.05) is 0 Å². The van der Waals surface area contributed by atoms with Gasteiger partial charge in [-0.15, -0.1) is 0 Å². The number of rotatable bonds is 4.